The second-order valence-electron chi connectivity index (χ2n) is 13.0. The monoisotopic (exact) mass is 732 g/mol. The minimum atomic E-state index is -1.01. The lowest BCUT2D eigenvalue weighted by Crippen LogP contribution is -2.56. The minimum absolute atomic E-state index is 0.0125. The minimum Gasteiger partial charge on any atom is -0.370 e. The van der Waals surface area contributed by atoms with E-state index >= 15 is 0 Å². The van der Waals surface area contributed by atoms with E-state index in [4.69, 9.17) is 28.7 Å². The molecule has 4 aromatic rings. The average molecular weight is 733 g/mol. The third kappa shape index (κ3) is 13.7. The van der Waals surface area contributed by atoms with E-state index in [2.05, 4.69) is 25.9 Å². The number of nitrogens with two attached hydrogens (primary N) is 5. The fourth-order valence-electron chi connectivity index (χ4n) is 5.82. The van der Waals surface area contributed by atoms with Crippen molar-refractivity contribution in [1.82, 2.24) is 16.0 Å². The van der Waals surface area contributed by atoms with Crippen LogP contribution in [0.2, 0.25) is 0 Å². The van der Waals surface area contributed by atoms with Crippen molar-refractivity contribution in [2.75, 3.05) is 19.6 Å². The Kier molecular flexibility index (Phi) is 16.0. The van der Waals surface area contributed by atoms with Gasteiger partial charge in [0.2, 0.25) is 17.7 Å². The van der Waals surface area contributed by atoms with E-state index in [9.17, 15) is 14.4 Å². The zero-order chi connectivity index (χ0) is 38.7. The van der Waals surface area contributed by atoms with Crippen molar-refractivity contribution in [2.24, 2.45) is 38.7 Å². The zero-order valence-electron chi connectivity index (χ0n) is 30.5. The van der Waals surface area contributed by atoms with Crippen molar-refractivity contribution in [3.8, 4) is 22.3 Å². The molecule has 13 heteroatoms. The molecule has 0 aliphatic rings. The fourth-order valence-corrected chi connectivity index (χ4v) is 5.82. The van der Waals surface area contributed by atoms with E-state index < -0.39 is 29.9 Å². The number of carbonyl (C=O) groups is 3. The summed E-state index contributed by atoms with van der Waals surface area (Å²) in [5.74, 6) is -1.45. The standard InChI is InChI=1S/C41H52N10O3/c42-34(26-28-15-19-32(20-16-28)30-10-3-1-4-11-30)37(52)50-35(14-9-25-49-41(45)46)39(54)51-36(38(53)47-23-7-8-24-48-40(43)44)27-29-17-21-33(22-18-29)31-12-5-2-6-13-31/h1-6,10-13,15-22,34-36H,7-9,14,23-27,42H2,(H,47,53)(H,50,52)(H,51,54)(H4,43,44,48)(H4,45,46,49)/t34-,35+,36-/m0/s1. The Hall–Kier alpha value is -6.21. The maximum atomic E-state index is 13.9. The molecular formula is C41H52N10O3. The molecule has 0 saturated carbocycles. The predicted molar refractivity (Wildman–Crippen MR) is 216 cm³/mol. The summed E-state index contributed by atoms with van der Waals surface area (Å²) in [5, 5.41) is 8.64. The molecule has 13 nitrogen and oxygen atoms in total. The second-order valence-corrected chi connectivity index (χ2v) is 13.0. The van der Waals surface area contributed by atoms with E-state index in [1.165, 1.54) is 0 Å². The Bertz CT molecular complexity index is 1820. The number of benzene rings is 4. The third-order valence-corrected chi connectivity index (χ3v) is 8.74. The molecule has 284 valence electrons. The molecule has 4 aromatic carbocycles. The van der Waals surface area contributed by atoms with Crippen LogP contribution in [0.3, 0.4) is 0 Å². The van der Waals surface area contributed by atoms with E-state index in [0.717, 1.165) is 33.4 Å². The van der Waals surface area contributed by atoms with Crippen LogP contribution in [0.4, 0.5) is 0 Å². The van der Waals surface area contributed by atoms with Crippen LogP contribution in [-0.4, -0.2) is 67.4 Å². The molecule has 3 atom stereocenters. The van der Waals surface area contributed by atoms with Gasteiger partial charge in [-0.3, -0.25) is 24.4 Å². The molecule has 0 fully saturated rings. The first-order valence-corrected chi connectivity index (χ1v) is 18.1. The van der Waals surface area contributed by atoms with Gasteiger partial charge in [0.15, 0.2) is 11.9 Å². The van der Waals surface area contributed by atoms with E-state index in [1.807, 2.05) is 109 Å². The molecule has 0 radical (unpaired) electrons. The number of unbranched alkanes of at least 4 members (excludes halogenated alkanes) is 1. The second kappa shape index (κ2) is 21.3. The summed E-state index contributed by atoms with van der Waals surface area (Å²) in [6.07, 6.45) is 2.37. The van der Waals surface area contributed by atoms with Crippen LogP contribution in [0.15, 0.2) is 119 Å². The Morgan fingerprint density at radius 1 is 0.519 bits per heavy atom. The number of aliphatic imine (C=N–C) groups is 2. The number of nitrogens with zero attached hydrogens (tertiary/aromatic N) is 2. The molecule has 0 heterocycles. The van der Waals surface area contributed by atoms with Crippen molar-refractivity contribution < 1.29 is 14.4 Å². The molecule has 0 unspecified atom stereocenters. The SMILES string of the molecule is NC(N)=NCCCCNC(=O)[C@H](Cc1ccc(-c2ccccc2)cc1)NC(=O)[C@@H](CCCN=C(N)N)NC(=O)[C@@H](N)Cc1ccc(-c2ccccc2)cc1. The Morgan fingerprint density at radius 3 is 1.50 bits per heavy atom. The van der Waals surface area contributed by atoms with Gasteiger partial charge in [-0.25, -0.2) is 0 Å². The number of rotatable bonds is 20. The number of hydrogen-bond donors (Lipinski definition) is 8. The lowest BCUT2D eigenvalue weighted by molar-refractivity contribution is -0.132. The Balaban J connectivity index is 1.46. The van der Waals surface area contributed by atoms with Gasteiger partial charge in [-0.15, -0.1) is 0 Å². The van der Waals surface area contributed by atoms with E-state index in [-0.39, 0.29) is 43.6 Å². The van der Waals surface area contributed by atoms with Crippen LogP contribution in [0.5, 0.6) is 0 Å². The first-order chi connectivity index (χ1) is 26.1. The maximum Gasteiger partial charge on any atom is 0.243 e. The summed E-state index contributed by atoms with van der Waals surface area (Å²) in [4.78, 5) is 48.9. The molecule has 4 rings (SSSR count). The van der Waals surface area contributed by atoms with Gasteiger partial charge in [-0.05, 0) is 65.5 Å². The van der Waals surface area contributed by atoms with Crippen molar-refractivity contribution in [2.45, 2.75) is 56.7 Å². The highest BCUT2D eigenvalue weighted by Crippen LogP contribution is 2.21. The average Bonchev–Trinajstić information content (AvgIpc) is 3.18. The molecule has 0 saturated heterocycles. The van der Waals surface area contributed by atoms with Crippen LogP contribution in [0.25, 0.3) is 22.3 Å². The van der Waals surface area contributed by atoms with Gasteiger partial charge in [-0.2, -0.15) is 0 Å². The van der Waals surface area contributed by atoms with Crippen LogP contribution >= 0.6 is 0 Å². The van der Waals surface area contributed by atoms with Crippen LogP contribution < -0.4 is 44.6 Å². The molecule has 3 amide bonds. The van der Waals surface area contributed by atoms with Crippen molar-refractivity contribution >= 4 is 29.6 Å². The summed E-state index contributed by atoms with van der Waals surface area (Å²) >= 11 is 0. The molecule has 54 heavy (non-hydrogen) atoms. The van der Waals surface area contributed by atoms with Gasteiger partial charge in [0, 0.05) is 26.1 Å². The normalized spacial score (nSPS) is 12.4. The highest BCUT2D eigenvalue weighted by Gasteiger charge is 2.28. The van der Waals surface area contributed by atoms with E-state index in [0.29, 0.717) is 32.4 Å². The first kappa shape index (κ1) is 40.6. The number of guanidine groups is 2. The quantitative estimate of drug-likeness (QED) is 0.0380. The Morgan fingerprint density at radius 2 is 0.981 bits per heavy atom. The lowest BCUT2D eigenvalue weighted by Gasteiger charge is -2.24. The Labute approximate surface area is 316 Å². The van der Waals surface area contributed by atoms with Gasteiger partial charge in [0.1, 0.15) is 12.1 Å². The maximum absolute atomic E-state index is 13.9. The number of hydrogen-bond acceptors (Lipinski definition) is 6. The molecule has 0 aliphatic heterocycles. The summed E-state index contributed by atoms with van der Waals surface area (Å²) in [5.41, 5.74) is 34.1. The molecule has 0 bridgehead atoms. The lowest BCUT2D eigenvalue weighted by atomic mass is 9.99. The first-order valence-electron chi connectivity index (χ1n) is 18.1. The highest BCUT2D eigenvalue weighted by molar-refractivity contribution is 5.93. The van der Waals surface area contributed by atoms with Gasteiger partial charge in [0.25, 0.3) is 0 Å². The van der Waals surface area contributed by atoms with Crippen molar-refractivity contribution in [3.63, 3.8) is 0 Å². The van der Waals surface area contributed by atoms with Crippen LogP contribution in [-0.2, 0) is 27.2 Å². The summed E-state index contributed by atoms with van der Waals surface area (Å²) in [6.45, 7) is 1.05. The number of carbonyl (C=O) groups excluding carboxylic acids is 3. The largest absolute Gasteiger partial charge is 0.370 e. The van der Waals surface area contributed by atoms with Gasteiger partial charge in [-0.1, -0.05) is 109 Å². The number of nitrogens with one attached hydrogen (secondary N) is 3. The smallest absolute Gasteiger partial charge is 0.243 e. The third-order valence-electron chi connectivity index (χ3n) is 8.74. The fraction of sp³-hybridized carbons (Fsp3) is 0.293. The van der Waals surface area contributed by atoms with E-state index in [1.54, 1.807) is 0 Å². The highest BCUT2D eigenvalue weighted by atomic mass is 16.2. The predicted octanol–water partition coefficient (Wildman–Crippen LogP) is 2.33. The molecule has 13 N–H and O–H groups in total. The summed E-state index contributed by atoms with van der Waals surface area (Å²) in [7, 11) is 0. The topological polar surface area (TPSA) is 242 Å². The van der Waals surface area contributed by atoms with Crippen LogP contribution in [0, 0.1) is 0 Å². The van der Waals surface area contributed by atoms with Gasteiger partial charge >= 0.3 is 0 Å². The van der Waals surface area contributed by atoms with Crippen molar-refractivity contribution in [3.05, 3.63) is 120 Å². The summed E-state index contributed by atoms with van der Waals surface area (Å²) < 4.78 is 0. The molecule has 0 spiro atoms. The zero-order valence-corrected chi connectivity index (χ0v) is 30.5. The molecule has 0 aliphatic carbocycles. The molecular weight excluding hydrogens is 681 g/mol. The van der Waals surface area contributed by atoms with Gasteiger partial charge in [0.05, 0.1) is 6.04 Å². The summed E-state index contributed by atoms with van der Waals surface area (Å²) in [6, 6.07) is 32.7. The van der Waals surface area contributed by atoms with Crippen molar-refractivity contribution in [1.29, 1.82) is 0 Å². The molecule has 0 aromatic heterocycles. The van der Waals surface area contributed by atoms with Crippen LogP contribution in [0.1, 0.15) is 36.8 Å². The van der Waals surface area contributed by atoms with Gasteiger partial charge < -0.3 is 44.6 Å². The number of amides is 3.